The number of likely N-dealkylation sites (tertiary alicyclic amines) is 1. The van der Waals surface area contributed by atoms with Gasteiger partial charge in [-0.25, -0.2) is 0 Å². The van der Waals surface area contributed by atoms with Crippen molar-refractivity contribution in [1.29, 1.82) is 0 Å². The molecule has 3 aliphatic rings. The quantitative estimate of drug-likeness (QED) is 0.747. The van der Waals surface area contributed by atoms with E-state index in [9.17, 15) is 4.79 Å². The van der Waals surface area contributed by atoms with E-state index >= 15 is 0 Å². The molecule has 3 unspecified atom stereocenters. The van der Waals surface area contributed by atoms with Crippen LogP contribution in [-0.2, 0) is 16.0 Å². The summed E-state index contributed by atoms with van der Waals surface area (Å²) in [5.41, 5.74) is 2.54. The largest absolute Gasteiger partial charge is 0.493 e. The number of fused-ring (bicyclic) bond motifs is 1. The van der Waals surface area contributed by atoms with Gasteiger partial charge in [0.25, 0.3) is 0 Å². The highest BCUT2D eigenvalue weighted by atomic mass is 16.5. The van der Waals surface area contributed by atoms with Crippen LogP contribution in [0.15, 0.2) is 47.9 Å². The number of carbonyl (C=O) groups excluding carboxylic acids is 1. The van der Waals surface area contributed by atoms with E-state index in [1.165, 1.54) is 12.0 Å². The van der Waals surface area contributed by atoms with Gasteiger partial charge in [0.05, 0.1) is 13.2 Å². The van der Waals surface area contributed by atoms with Gasteiger partial charge < -0.3 is 9.53 Å². The van der Waals surface area contributed by atoms with E-state index in [2.05, 4.69) is 28.1 Å². The van der Waals surface area contributed by atoms with Crippen molar-refractivity contribution in [2.24, 2.45) is 11.8 Å². The smallest absolute Gasteiger partial charge is 0.133 e. The Morgan fingerprint density at radius 3 is 3.16 bits per heavy atom. The standard InChI is InChI=1S/C21H26N2O2/c24-11-10-23-15-18(16-4-7-21-17(13-16)8-12-25-21)14-20(23)6-5-19-3-1-2-9-22-19/h1-3,7,9,11,13,16,18,20H,4-6,8,10,12,14-15H2. The van der Waals surface area contributed by atoms with E-state index in [4.69, 9.17) is 4.74 Å². The molecule has 0 spiro atoms. The Kier molecular flexibility index (Phi) is 4.97. The first-order valence-electron chi connectivity index (χ1n) is 9.45. The second-order valence-electron chi connectivity index (χ2n) is 7.39. The van der Waals surface area contributed by atoms with Gasteiger partial charge >= 0.3 is 0 Å². The van der Waals surface area contributed by atoms with Crippen LogP contribution in [-0.4, -0.2) is 41.9 Å². The third kappa shape index (κ3) is 3.69. The summed E-state index contributed by atoms with van der Waals surface area (Å²) < 4.78 is 5.67. The number of carbonyl (C=O) groups is 1. The average molecular weight is 338 g/mol. The van der Waals surface area contributed by atoms with Gasteiger partial charge in [0.15, 0.2) is 0 Å². The zero-order valence-electron chi connectivity index (χ0n) is 14.6. The van der Waals surface area contributed by atoms with Crippen LogP contribution in [0.1, 0.15) is 31.4 Å². The SMILES string of the molecule is O=CCN1CC(C2C=C3CCOC3=CC2)CC1CCc1ccccn1. The highest BCUT2D eigenvalue weighted by Crippen LogP contribution is 2.39. The molecule has 4 rings (SSSR count). The van der Waals surface area contributed by atoms with Crippen molar-refractivity contribution < 1.29 is 9.53 Å². The Bertz CT molecular complexity index is 668. The summed E-state index contributed by atoms with van der Waals surface area (Å²) in [4.78, 5) is 17.9. The molecule has 0 radical (unpaired) electrons. The Hall–Kier alpha value is -1.94. The fraction of sp³-hybridized carbons (Fsp3) is 0.524. The second kappa shape index (κ2) is 7.52. The first-order valence-corrected chi connectivity index (χ1v) is 9.45. The van der Waals surface area contributed by atoms with Gasteiger partial charge in [-0.3, -0.25) is 9.88 Å². The minimum Gasteiger partial charge on any atom is -0.493 e. The van der Waals surface area contributed by atoms with E-state index in [0.717, 1.165) is 56.6 Å². The Morgan fingerprint density at radius 2 is 2.32 bits per heavy atom. The number of aryl methyl sites for hydroxylation is 1. The molecular weight excluding hydrogens is 312 g/mol. The van der Waals surface area contributed by atoms with Gasteiger partial charge in [-0.1, -0.05) is 12.1 Å². The van der Waals surface area contributed by atoms with Crippen molar-refractivity contribution in [3.63, 3.8) is 0 Å². The Labute approximate surface area is 149 Å². The molecular formula is C21H26N2O2. The van der Waals surface area contributed by atoms with E-state index in [-0.39, 0.29) is 0 Å². The van der Waals surface area contributed by atoms with Crippen LogP contribution in [0.5, 0.6) is 0 Å². The number of aromatic nitrogens is 1. The lowest BCUT2D eigenvalue weighted by Crippen LogP contribution is -2.32. The third-order valence-electron chi connectivity index (χ3n) is 5.87. The lowest BCUT2D eigenvalue weighted by Gasteiger charge is -2.23. The van der Waals surface area contributed by atoms with E-state index < -0.39 is 0 Å². The number of nitrogens with zero attached hydrogens (tertiary/aromatic N) is 2. The number of ether oxygens (including phenoxy) is 1. The van der Waals surface area contributed by atoms with Crippen molar-refractivity contribution in [3.05, 3.63) is 53.6 Å². The zero-order chi connectivity index (χ0) is 17.1. The van der Waals surface area contributed by atoms with Crippen molar-refractivity contribution in [1.82, 2.24) is 9.88 Å². The van der Waals surface area contributed by atoms with E-state index in [1.54, 1.807) is 0 Å². The monoisotopic (exact) mass is 338 g/mol. The minimum absolute atomic E-state index is 0.487. The van der Waals surface area contributed by atoms with Crippen LogP contribution >= 0.6 is 0 Å². The fourth-order valence-electron chi connectivity index (χ4n) is 4.55. The third-order valence-corrected chi connectivity index (χ3v) is 5.87. The summed E-state index contributed by atoms with van der Waals surface area (Å²) >= 11 is 0. The summed E-state index contributed by atoms with van der Waals surface area (Å²) in [6.45, 7) is 2.42. The molecule has 1 aromatic heterocycles. The lowest BCUT2D eigenvalue weighted by molar-refractivity contribution is -0.109. The van der Waals surface area contributed by atoms with Crippen molar-refractivity contribution >= 4 is 6.29 Å². The van der Waals surface area contributed by atoms with Crippen molar-refractivity contribution in [3.8, 4) is 0 Å². The number of hydrogen-bond acceptors (Lipinski definition) is 4. The summed E-state index contributed by atoms with van der Waals surface area (Å²) in [5.74, 6) is 2.35. The van der Waals surface area contributed by atoms with E-state index in [1.807, 2.05) is 18.3 Å². The molecule has 4 nitrogen and oxygen atoms in total. The van der Waals surface area contributed by atoms with Crippen molar-refractivity contribution in [2.75, 3.05) is 19.7 Å². The maximum atomic E-state index is 11.1. The Balaban J connectivity index is 1.40. The predicted molar refractivity (Wildman–Crippen MR) is 96.9 cm³/mol. The molecule has 0 amide bonds. The van der Waals surface area contributed by atoms with Crippen LogP contribution in [0.25, 0.3) is 0 Å². The summed E-state index contributed by atoms with van der Waals surface area (Å²) in [7, 11) is 0. The molecule has 3 atom stereocenters. The first kappa shape index (κ1) is 16.5. The molecule has 1 aromatic rings. The van der Waals surface area contributed by atoms with Gasteiger partial charge in [0.2, 0.25) is 0 Å². The number of allylic oxidation sites excluding steroid dienone is 3. The average Bonchev–Trinajstić information content (AvgIpc) is 3.27. The van der Waals surface area contributed by atoms with Gasteiger partial charge in [-0.15, -0.1) is 0 Å². The summed E-state index contributed by atoms with van der Waals surface area (Å²) in [6, 6.07) is 6.58. The molecule has 25 heavy (non-hydrogen) atoms. The summed E-state index contributed by atoms with van der Waals surface area (Å²) in [5, 5.41) is 0. The topological polar surface area (TPSA) is 42.4 Å². The number of hydrogen-bond donors (Lipinski definition) is 0. The molecule has 2 saturated heterocycles. The molecule has 0 aromatic carbocycles. The second-order valence-corrected chi connectivity index (χ2v) is 7.39. The molecule has 0 N–H and O–H groups in total. The normalized spacial score (nSPS) is 28.9. The number of pyridine rings is 1. The van der Waals surface area contributed by atoms with Gasteiger partial charge in [-0.05, 0) is 61.3 Å². The molecule has 1 aliphatic carbocycles. The zero-order valence-corrected chi connectivity index (χ0v) is 14.6. The number of aldehydes is 1. The predicted octanol–water partition coefficient (Wildman–Crippen LogP) is 3.15. The molecule has 2 fully saturated rings. The maximum Gasteiger partial charge on any atom is 0.133 e. The van der Waals surface area contributed by atoms with E-state index in [0.29, 0.717) is 24.4 Å². The molecule has 2 aliphatic heterocycles. The van der Waals surface area contributed by atoms with Gasteiger partial charge in [-0.2, -0.15) is 0 Å². The van der Waals surface area contributed by atoms with Crippen molar-refractivity contribution in [2.45, 2.75) is 38.1 Å². The van der Waals surface area contributed by atoms with Crippen LogP contribution in [0.3, 0.4) is 0 Å². The minimum atomic E-state index is 0.487. The first-order chi connectivity index (χ1) is 12.3. The lowest BCUT2D eigenvalue weighted by atomic mass is 9.82. The van der Waals surface area contributed by atoms with Crippen LogP contribution in [0, 0.1) is 11.8 Å². The molecule has 3 heterocycles. The maximum absolute atomic E-state index is 11.1. The fourth-order valence-corrected chi connectivity index (χ4v) is 4.55. The van der Waals surface area contributed by atoms with Crippen LogP contribution < -0.4 is 0 Å². The molecule has 132 valence electrons. The van der Waals surface area contributed by atoms with Gasteiger partial charge in [0, 0.05) is 30.9 Å². The van der Waals surface area contributed by atoms with Crippen LogP contribution in [0.4, 0.5) is 0 Å². The van der Waals surface area contributed by atoms with Gasteiger partial charge in [0.1, 0.15) is 12.0 Å². The molecule has 0 saturated carbocycles. The Morgan fingerprint density at radius 1 is 1.36 bits per heavy atom. The highest BCUT2D eigenvalue weighted by Gasteiger charge is 2.36. The number of rotatable bonds is 6. The van der Waals surface area contributed by atoms with Crippen LogP contribution in [0.2, 0.25) is 0 Å². The molecule has 0 bridgehead atoms. The highest BCUT2D eigenvalue weighted by molar-refractivity contribution is 5.52. The molecule has 4 heteroatoms. The summed E-state index contributed by atoms with van der Waals surface area (Å²) in [6.07, 6.45) is 13.0.